The molecule has 1 rings (SSSR count). The second-order valence-corrected chi connectivity index (χ2v) is 3.32. The number of carbonyl (C=O) groups excluding carboxylic acids is 1. The largest absolute Gasteiger partial charge is 0.344 e. The van der Waals surface area contributed by atoms with Crippen molar-refractivity contribution < 1.29 is 22.4 Å². The Balaban J connectivity index is 2.66. The number of nitrogens with one attached hydrogen (secondary N) is 2. The lowest BCUT2D eigenvalue weighted by Crippen LogP contribution is -2.41. The first-order valence-electron chi connectivity index (χ1n) is 4.73. The van der Waals surface area contributed by atoms with Gasteiger partial charge in [-0.3, -0.25) is 15.6 Å². The number of carbonyl (C=O) groups is 1. The molecule has 0 saturated carbocycles. The van der Waals surface area contributed by atoms with Crippen molar-refractivity contribution >= 4 is 11.6 Å². The van der Waals surface area contributed by atoms with E-state index in [1.54, 1.807) is 5.32 Å². The third-order valence-electron chi connectivity index (χ3n) is 1.96. The number of pyridine rings is 1. The molecule has 0 radical (unpaired) electrons. The van der Waals surface area contributed by atoms with Gasteiger partial charge in [-0.2, -0.15) is 8.78 Å². The van der Waals surface area contributed by atoms with Crippen LogP contribution in [0.1, 0.15) is 10.5 Å². The number of amides is 1. The number of hydrazine groups is 1. The number of anilines is 1. The standard InChI is InChI=1S/C9H10F4N4O/c10-8(11)9(12,13)4-16-7(18)6-3-5(17-14)1-2-15-6/h1-3,8H,4,14H2,(H,15,17)(H,16,18). The van der Waals surface area contributed by atoms with Crippen LogP contribution in [0.15, 0.2) is 18.3 Å². The molecule has 0 bridgehead atoms. The Labute approximate surface area is 99.3 Å². The summed E-state index contributed by atoms with van der Waals surface area (Å²) in [7, 11) is 0. The van der Waals surface area contributed by atoms with Crippen molar-refractivity contribution in [3.05, 3.63) is 24.0 Å². The van der Waals surface area contributed by atoms with E-state index in [1.165, 1.54) is 18.3 Å². The lowest BCUT2D eigenvalue weighted by atomic mass is 10.3. The van der Waals surface area contributed by atoms with E-state index in [-0.39, 0.29) is 5.69 Å². The summed E-state index contributed by atoms with van der Waals surface area (Å²) in [6, 6.07) is 2.63. The van der Waals surface area contributed by atoms with Gasteiger partial charge in [0, 0.05) is 6.20 Å². The Morgan fingerprint density at radius 2 is 2.17 bits per heavy atom. The average molecular weight is 266 g/mol. The summed E-state index contributed by atoms with van der Waals surface area (Å²) in [4.78, 5) is 15.0. The lowest BCUT2D eigenvalue weighted by Gasteiger charge is -2.15. The number of hydrogen-bond acceptors (Lipinski definition) is 4. The van der Waals surface area contributed by atoms with Crippen molar-refractivity contribution in [3.8, 4) is 0 Å². The van der Waals surface area contributed by atoms with E-state index in [9.17, 15) is 22.4 Å². The third kappa shape index (κ3) is 3.55. The molecule has 1 heterocycles. The van der Waals surface area contributed by atoms with Crippen LogP contribution >= 0.6 is 0 Å². The van der Waals surface area contributed by atoms with Gasteiger partial charge in [-0.25, -0.2) is 8.78 Å². The zero-order valence-corrected chi connectivity index (χ0v) is 8.96. The molecule has 0 spiro atoms. The molecule has 5 nitrogen and oxygen atoms in total. The summed E-state index contributed by atoms with van der Waals surface area (Å²) in [6.07, 6.45) is -2.63. The maximum Gasteiger partial charge on any atom is 0.324 e. The number of rotatable bonds is 5. The minimum atomic E-state index is -4.28. The summed E-state index contributed by atoms with van der Waals surface area (Å²) in [6.45, 7) is -1.47. The minimum absolute atomic E-state index is 0.212. The molecule has 0 saturated heterocycles. The second kappa shape index (κ2) is 5.63. The van der Waals surface area contributed by atoms with Crippen LogP contribution in [-0.2, 0) is 0 Å². The van der Waals surface area contributed by atoms with Gasteiger partial charge in [-0.05, 0) is 12.1 Å². The topological polar surface area (TPSA) is 80.0 Å². The van der Waals surface area contributed by atoms with Crippen LogP contribution in [0.4, 0.5) is 23.2 Å². The molecular formula is C9H10F4N4O. The third-order valence-corrected chi connectivity index (χ3v) is 1.96. The highest BCUT2D eigenvalue weighted by molar-refractivity contribution is 5.93. The van der Waals surface area contributed by atoms with Gasteiger partial charge in [0.2, 0.25) is 0 Å². The minimum Gasteiger partial charge on any atom is -0.344 e. The predicted octanol–water partition coefficient (Wildman–Crippen LogP) is 0.997. The maximum absolute atomic E-state index is 12.6. The number of halogens is 4. The van der Waals surface area contributed by atoms with Gasteiger partial charge in [0.15, 0.2) is 0 Å². The van der Waals surface area contributed by atoms with Gasteiger partial charge in [0.05, 0.1) is 12.2 Å². The van der Waals surface area contributed by atoms with Crippen molar-refractivity contribution in [2.75, 3.05) is 12.0 Å². The van der Waals surface area contributed by atoms with Gasteiger partial charge < -0.3 is 10.7 Å². The first-order valence-corrected chi connectivity index (χ1v) is 4.73. The summed E-state index contributed by atoms with van der Waals surface area (Å²) in [5.74, 6) is -0.198. The Morgan fingerprint density at radius 3 is 2.72 bits per heavy atom. The van der Waals surface area contributed by atoms with E-state index < -0.39 is 24.8 Å². The van der Waals surface area contributed by atoms with Crippen LogP contribution in [0.25, 0.3) is 0 Å². The number of aromatic nitrogens is 1. The zero-order chi connectivity index (χ0) is 13.8. The van der Waals surface area contributed by atoms with Crippen LogP contribution in [0.2, 0.25) is 0 Å². The van der Waals surface area contributed by atoms with Gasteiger partial charge in [-0.15, -0.1) is 0 Å². The van der Waals surface area contributed by atoms with Crippen molar-refractivity contribution in [3.63, 3.8) is 0 Å². The molecule has 4 N–H and O–H groups in total. The maximum atomic E-state index is 12.6. The van der Waals surface area contributed by atoms with Crippen LogP contribution < -0.4 is 16.6 Å². The molecular weight excluding hydrogens is 256 g/mol. The van der Waals surface area contributed by atoms with Crippen LogP contribution in [0.5, 0.6) is 0 Å². The van der Waals surface area contributed by atoms with Crippen molar-refractivity contribution in [2.45, 2.75) is 12.3 Å². The van der Waals surface area contributed by atoms with E-state index in [4.69, 9.17) is 5.84 Å². The monoisotopic (exact) mass is 266 g/mol. The van der Waals surface area contributed by atoms with Crippen molar-refractivity contribution in [1.29, 1.82) is 0 Å². The molecule has 100 valence electrons. The first-order chi connectivity index (χ1) is 8.36. The van der Waals surface area contributed by atoms with E-state index in [0.717, 1.165) is 0 Å². The Morgan fingerprint density at radius 1 is 1.50 bits per heavy atom. The molecule has 1 aromatic rings. The highest BCUT2D eigenvalue weighted by Gasteiger charge is 2.40. The Kier molecular flexibility index (Phi) is 4.43. The first kappa shape index (κ1) is 14.2. The fourth-order valence-corrected chi connectivity index (χ4v) is 1.01. The van der Waals surface area contributed by atoms with Gasteiger partial charge in [-0.1, -0.05) is 0 Å². The zero-order valence-electron chi connectivity index (χ0n) is 8.96. The fourth-order valence-electron chi connectivity index (χ4n) is 1.01. The van der Waals surface area contributed by atoms with Gasteiger partial charge in [0.25, 0.3) is 5.91 Å². The molecule has 18 heavy (non-hydrogen) atoms. The van der Waals surface area contributed by atoms with E-state index in [2.05, 4.69) is 10.4 Å². The Bertz CT molecular complexity index is 427. The molecule has 0 aromatic carbocycles. The van der Waals surface area contributed by atoms with Crippen LogP contribution in [0, 0.1) is 0 Å². The second-order valence-electron chi connectivity index (χ2n) is 3.32. The summed E-state index contributed by atoms with van der Waals surface area (Å²) >= 11 is 0. The SMILES string of the molecule is NNc1ccnc(C(=O)NCC(F)(F)C(F)F)c1. The number of nitrogens with two attached hydrogens (primary N) is 1. The number of hydrogen-bond donors (Lipinski definition) is 3. The normalized spacial score (nSPS) is 11.4. The molecule has 0 unspecified atom stereocenters. The molecule has 0 aliphatic heterocycles. The lowest BCUT2D eigenvalue weighted by molar-refractivity contribution is -0.123. The quantitative estimate of drug-likeness (QED) is 0.422. The van der Waals surface area contributed by atoms with Gasteiger partial charge >= 0.3 is 12.3 Å². The molecule has 0 atom stereocenters. The van der Waals surface area contributed by atoms with E-state index in [1.807, 2.05) is 0 Å². The summed E-state index contributed by atoms with van der Waals surface area (Å²) < 4.78 is 48.8. The number of nitrogen functional groups attached to an aromatic ring is 1. The average Bonchev–Trinajstić information content (AvgIpc) is 2.36. The predicted molar refractivity (Wildman–Crippen MR) is 55.3 cm³/mol. The molecule has 1 amide bonds. The van der Waals surface area contributed by atoms with Gasteiger partial charge in [0.1, 0.15) is 5.69 Å². The molecule has 9 heteroatoms. The van der Waals surface area contributed by atoms with E-state index in [0.29, 0.717) is 5.69 Å². The number of alkyl halides is 4. The smallest absolute Gasteiger partial charge is 0.324 e. The Hall–Kier alpha value is -1.90. The number of nitrogens with zero attached hydrogens (tertiary/aromatic N) is 1. The highest BCUT2D eigenvalue weighted by atomic mass is 19.3. The van der Waals surface area contributed by atoms with Crippen molar-refractivity contribution in [2.24, 2.45) is 5.84 Å². The summed E-state index contributed by atoms with van der Waals surface area (Å²) in [5, 5.41) is 1.67. The molecule has 0 aliphatic rings. The van der Waals surface area contributed by atoms with Crippen LogP contribution in [0.3, 0.4) is 0 Å². The van der Waals surface area contributed by atoms with Crippen LogP contribution in [-0.4, -0.2) is 29.8 Å². The molecule has 0 aliphatic carbocycles. The highest BCUT2D eigenvalue weighted by Crippen LogP contribution is 2.21. The van der Waals surface area contributed by atoms with Crippen molar-refractivity contribution in [1.82, 2.24) is 10.3 Å². The fraction of sp³-hybridized carbons (Fsp3) is 0.333. The molecule has 0 fully saturated rings. The van der Waals surface area contributed by atoms with E-state index >= 15 is 0 Å². The molecule has 1 aromatic heterocycles. The summed E-state index contributed by atoms with van der Waals surface area (Å²) in [5.41, 5.74) is 2.34.